The minimum atomic E-state index is -1.07. The van der Waals surface area contributed by atoms with Gasteiger partial charge in [-0.25, -0.2) is 9.59 Å². The number of allylic oxidation sites excluding steroid dienone is 1. The van der Waals surface area contributed by atoms with Crippen molar-refractivity contribution in [2.75, 3.05) is 0 Å². The van der Waals surface area contributed by atoms with Crippen molar-refractivity contribution in [3.05, 3.63) is 108 Å². The number of hydrogen-bond acceptors (Lipinski definition) is 5. The predicted molar refractivity (Wildman–Crippen MR) is 153 cm³/mol. The summed E-state index contributed by atoms with van der Waals surface area (Å²) in [7, 11) is 0. The highest BCUT2D eigenvalue weighted by Crippen LogP contribution is 2.67. The fourth-order valence-electron chi connectivity index (χ4n) is 8.41. The molecule has 40 heavy (non-hydrogen) atoms. The average molecular weight is 539 g/mol. The molecular weight excluding hydrogens is 500 g/mol. The fraction of sp³-hybridized carbons (Fsp3) is 0.429. The van der Waals surface area contributed by atoms with E-state index in [9.17, 15) is 14.7 Å². The van der Waals surface area contributed by atoms with E-state index in [1.807, 2.05) is 42.5 Å². The molecule has 2 aromatic carbocycles. The Kier molecular flexibility index (Phi) is 6.42. The summed E-state index contributed by atoms with van der Waals surface area (Å²) in [4.78, 5) is 25.8. The number of aliphatic hydroxyl groups is 1. The van der Waals surface area contributed by atoms with Crippen LogP contribution in [0.2, 0.25) is 0 Å². The summed E-state index contributed by atoms with van der Waals surface area (Å²) in [5.41, 5.74) is 1.04. The molecule has 0 heterocycles. The number of carbonyl (C=O) groups excluding carboxylic acids is 2. The maximum atomic E-state index is 13.1. The quantitative estimate of drug-likeness (QED) is 0.346. The molecule has 0 spiro atoms. The number of fused-ring (bicyclic) bond motifs is 5. The number of benzene rings is 2. The van der Waals surface area contributed by atoms with Crippen LogP contribution in [0.5, 0.6) is 0 Å². The topological polar surface area (TPSA) is 72.8 Å². The van der Waals surface area contributed by atoms with E-state index in [1.54, 1.807) is 24.3 Å². The summed E-state index contributed by atoms with van der Waals surface area (Å²) >= 11 is 0. The van der Waals surface area contributed by atoms with Crippen molar-refractivity contribution in [3.63, 3.8) is 0 Å². The lowest BCUT2D eigenvalue weighted by molar-refractivity contribution is -0.167. The first-order valence-electron chi connectivity index (χ1n) is 14.4. The molecular formula is C35H38O5. The van der Waals surface area contributed by atoms with Crippen LogP contribution in [0.25, 0.3) is 0 Å². The molecule has 5 heteroatoms. The zero-order chi connectivity index (χ0) is 28.3. The summed E-state index contributed by atoms with van der Waals surface area (Å²) in [5.74, 6) is -0.247. The van der Waals surface area contributed by atoms with Gasteiger partial charge in [0.1, 0.15) is 12.2 Å². The van der Waals surface area contributed by atoms with Crippen LogP contribution in [0, 0.1) is 28.6 Å². The molecule has 4 aliphatic carbocycles. The molecule has 3 unspecified atom stereocenters. The van der Waals surface area contributed by atoms with Gasteiger partial charge in [0.15, 0.2) is 0 Å². The maximum absolute atomic E-state index is 13.1. The monoisotopic (exact) mass is 538 g/mol. The Morgan fingerprint density at radius 1 is 0.850 bits per heavy atom. The van der Waals surface area contributed by atoms with Gasteiger partial charge in [-0.05, 0) is 78.8 Å². The normalized spacial score (nSPS) is 38.1. The van der Waals surface area contributed by atoms with E-state index in [2.05, 4.69) is 33.1 Å². The zero-order valence-corrected chi connectivity index (χ0v) is 23.3. The average Bonchev–Trinajstić information content (AvgIpc) is 3.15. The highest BCUT2D eigenvalue weighted by molar-refractivity contribution is 5.90. The summed E-state index contributed by atoms with van der Waals surface area (Å²) < 4.78 is 12.0. The molecule has 1 N–H and O–H groups in total. The molecule has 3 saturated carbocycles. The van der Waals surface area contributed by atoms with Crippen molar-refractivity contribution in [3.8, 4) is 0 Å². The Hall–Kier alpha value is -3.44. The number of esters is 2. The Bertz CT molecular complexity index is 1380. The third kappa shape index (κ3) is 4.01. The van der Waals surface area contributed by atoms with Crippen LogP contribution in [-0.2, 0) is 9.47 Å². The van der Waals surface area contributed by atoms with Crippen molar-refractivity contribution in [2.45, 2.75) is 63.8 Å². The van der Waals surface area contributed by atoms with E-state index in [4.69, 9.17) is 9.47 Å². The molecule has 208 valence electrons. The number of carbonyl (C=O) groups is 2. The number of ether oxygens (including phenoxy) is 2. The lowest BCUT2D eigenvalue weighted by atomic mass is 9.45. The Balaban J connectivity index is 1.24. The second-order valence-electron chi connectivity index (χ2n) is 12.7. The third-order valence-electron chi connectivity index (χ3n) is 10.7. The van der Waals surface area contributed by atoms with Gasteiger partial charge in [-0.2, -0.15) is 0 Å². The summed E-state index contributed by atoms with van der Waals surface area (Å²) in [6, 6.07) is 18.1. The Morgan fingerprint density at radius 2 is 1.45 bits per heavy atom. The molecule has 0 aromatic heterocycles. The highest BCUT2D eigenvalue weighted by Gasteiger charge is 2.65. The minimum absolute atomic E-state index is 0.0681. The molecule has 3 fully saturated rings. The van der Waals surface area contributed by atoms with Gasteiger partial charge in [-0.3, -0.25) is 0 Å². The summed E-state index contributed by atoms with van der Waals surface area (Å²) in [5, 5.41) is 12.1. The van der Waals surface area contributed by atoms with Crippen LogP contribution < -0.4 is 0 Å². The molecule has 5 nitrogen and oxygen atoms in total. The molecule has 4 aliphatic rings. The Labute approximate surface area is 236 Å². The third-order valence-corrected chi connectivity index (χ3v) is 10.7. The Morgan fingerprint density at radius 3 is 2.08 bits per heavy atom. The van der Waals surface area contributed by atoms with Gasteiger partial charge in [0.2, 0.25) is 0 Å². The number of hydrogen-bond donors (Lipinski definition) is 1. The van der Waals surface area contributed by atoms with Gasteiger partial charge in [-0.1, -0.05) is 75.6 Å². The highest BCUT2D eigenvalue weighted by atomic mass is 16.5. The first-order chi connectivity index (χ1) is 19.1. The summed E-state index contributed by atoms with van der Waals surface area (Å²) in [6.45, 7) is 13.2. The van der Waals surface area contributed by atoms with Crippen LogP contribution in [0.4, 0.5) is 0 Å². The molecule has 0 bridgehead atoms. The summed E-state index contributed by atoms with van der Waals surface area (Å²) in [6.07, 6.45) is 6.93. The second-order valence-corrected chi connectivity index (χ2v) is 12.7. The first-order valence-corrected chi connectivity index (χ1v) is 14.4. The van der Waals surface area contributed by atoms with Crippen LogP contribution in [0.15, 0.2) is 97.1 Å². The van der Waals surface area contributed by atoms with Crippen LogP contribution in [0.1, 0.15) is 66.7 Å². The first kappa shape index (κ1) is 26.8. The molecule has 0 amide bonds. The minimum Gasteiger partial charge on any atom is -0.459 e. The molecule has 6 rings (SSSR count). The lowest BCUT2D eigenvalue weighted by Gasteiger charge is -2.61. The van der Waals surface area contributed by atoms with E-state index >= 15 is 0 Å². The van der Waals surface area contributed by atoms with Crippen molar-refractivity contribution in [2.24, 2.45) is 28.6 Å². The number of rotatable bonds is 4. The predicted octanol–water partition coefficient (Wildman–Crippen LogP) is 6.70. The van der Waals surface area contributed by atoms with E-state index in [1.165, 1.54) is 0 Å². The largest absolute Gasteiger partial charge is 0.459 e. The van der Waals surface area contributed by atoms with Gasteiger partial charge in [-0.15, -0.1) is 0 Å². The van der Waals surface area contributed by atoms with Crippen LogP contribution in [0.3, 0.4) is 0 Å². The fourth-order valence-corrected chi connectivity index (χ4v) is 8.41. The smallest absolute Gasteiger partial charge is 0.338 e. The second kappa shape index (κ2) is 9.59. The van der Waals surface area contributed by atoms with Crippen molar-refractivity contribution < 1.29 is 24.2 Å². The van der Waals surface area contributed by atoms with E-state index < -0.39 is 11.7 Å². The lowest BCUT2D eigenvalue weighted by Crippen LogP contribution is -2.61. The molecule has 0 radical (unpaired) electrons. The van der Waals surface area contributed by atoms with Gasteiger partial charge in [0, 0.05) is 17.3 Å². The van der Waals surface area contributed by atoms with Crippen molar-refractivity contribution >= 4 is 11.9 Å². The van der Waals surface area contributed by atoms with E-state index in [-0.39, 0.29) is 46.6 Å². The maximum Gasteiger partial charge on any atom is 0.338 e. The van der Waals surface area contributed by atoms with Crippen LogP contribution in [-0.4, -0.2) is 34.9 Å². The molecule has 2 aromatic rings. The standard InChI is InChI=1S/C35H38O5/c1-22-23(2)30(40-32(37)25-13-9-6-10-14-25)33(3)18-17-28-27(29(22)33)16-20-35(38)21-26(15-19-34(28,35)4)39-31(36)24-11-7-5-8-12-24/h5-14,16,20,26-30,38H,1-2,15,17-19,21H2,3-4H3/t26?,27-,28-,29+,30?,33+,34-,35?/m1/s1. The van der Waals surface area contributed by atoms with Gasteiger partial charge in [0.25, 0.3) is 0 Å². The van der Waals surface area contributed by atoms with Crippen LogP contribution >= 0.6 is 0 Å². The van der Waals surface area contributed by atoms with Crippen molar-refractivity contribution in [1.29, 1.82) is 0 Å². The van der Waals surface area contributed by atoms with E-state index in [0.717, 1.165) is 30.4 Å². The van der Waals surface area contributed by atoms with E-state index in [0.29, 0.717) is 24.0 Å². The molecule has 0 saturated heterocycles. The SMILES string of the molecule is C=C1C(=C)[C@H]2[C@@H]3C=CC4(O)CC(OC(=O)c5ccccc5)CC[C@]4(C)[C@@H]3CC[C@]2(C)C1OC(=O)c1ccccc1. The van der Waals surface area contributed by atoms with Gasteiger partial charge < -0.3 is 14.6 Å². The van der Waals surface area contributed by atoms with Crippen molar-refractivity contribution in [1.82, 2.24) is 0 Å². The zero-order valence-electron chi connectivity index (χ0n) is 23.3. The van der Waals surface area contributed by atoms with Gasteiger partial charge >= 0.3 is 11.9 Å². The van der Waals surface area contributed by atoms with Gasteiger partial charge in [0.05, 0.1) is 16.7 Å². The molecule has 0 aliphatic heterocycles. The molecule has 8 atom stereocenters.